The molecule has 1 amide bonds. The van der Waals surface area contributed by atoms with E-state index in [-0.39, 0.29) is 11.3 Å². The van der Waals surface area contributed by atoms with Gasteiger partial charge in [-0.25, -0.2) is 0 Å². The van der Waals surface area contributed by atoms with E-state index in [2.05, 4.69) is 6.92 Å². The van der Waals surface area contributed by atoms with E-state index >= 15 is 0 Å². The van der Waals surface area contributed by atoms with Gasteiger partial charge in [0.15, 0.2) is 0 Å². The number of primary amides is 1. The monoisotopic (exact) mass is 252 g/mol. The molecule has 1 heterocycles. The molecule has 0 unspecified atom stereocenters. The second-order valence-corrected chi connectivity index (χ2v) is 4.58. The van der Waals surface area contributed by atoms with E-state index in [4.69, 9.17) is 16.7 Å². The van der Waals surface area contributed by atoms with Crippen molar-refractivity contribution in [2.75, 3.05) is 23.7 Å². The predicted octanol–water partition coefficient (Wildman–Crippen LogP) is 1.54. The molecule has 0 saturated carbocycles. The molecule has 0 aliphatic carbocycles. The number of rotatable bonds is 5. The van der Waals surface area contributed by atoms with Gasteiger partial charge in [-0.1, -0.05) is 6.92 Å². The first kappa shape index (κ1) is 13.3. The van der Waals surface area contributed by atoms with Crippen LogP contribution in [0, 0.1) is 11.3 Å². The molecule has 4 N–H and O–H groups in total. The van der Waals surface area contributed by atoms with Gasteiger partial charge in [-0.2, -0.15) is 5.26 Å². The van der Waals surface area contributed by atoms with Gasteiger partial charge in [-0.05, 0) is 13.3 Å². The second kappa shape index (κ2) is 5.55. The van der Waals surface area contributed by atoms with Crippen molar-refractivity contribution in [1.29, 1.82) is 5.26 Å². The third-order valence-corrected chi connectivity index (χ3v) is 3.61. The van der Waals surface area contributed by atoms with Crippen molar-refractivity contribution in [3.8, 4) is 6.07 Å². The van der Waals surface area contributed by atoms with Crippen molar-refractivity contribution < 1.29 is 4.79 Å². The van der Waals surface area contributed by atoms with Gasteiger partial charge in [-0.15, -0.1) is 11.3 Å². The van der Waals surface area contributed by atoms with Crippen LogP contribution in [0.15, 0.2) is 0 Å². The summed E-state index contributed by atoms with van der Waals surface area (Å²) in [6.45, 7) is 5.59. The number of nitrogens with zero attached hydrogens (tertiary/aromatic N) is 2. The Morgan fingerprint density at radius 2 is 2.18 bits per heavy atom. The van der Waals surface area contributed by atoms with Gasteiger partial charge in [0.2, 0.25) is 0 Å². The summed E-state index contributed by atoms with van der Waals surface area (Å²) in [5.41, 5.74) is 11.6. The van der Waals surface area contributed by atoms with Gasteiger partial charge in [0, 0.05) is 13.1 Å². The van der Waals surface area contributed by atoms with Crippen LogP contribution >= 0.6 is 11.3 Å². The minimum Gasteiger partial charge on any atom is -0.396 e. The Labute approximate surface area is 105 Å². The van der Waals surface area contributed by atoms with E-state index in [0.717, 1.165) is 19.5 Å². The lowest BCUT2D eigenvalue weighted by atomic mass is 10.2. The zero-order valence-electron chi connectivity index (χ0n) is 9.99. The Hall–Kier alpha value is -1.74. The van der Waals surface area contributed by atoms with Crippen LogP contribution in [0.1, 0.15) is 35.5 Å². The number of nitrogen functional groups attached to an aromatic ring is 1. The van der Waals surface area contributed by atoms with Crippen molar-refractivity contribution in [2.45, 2.75) is 20.3 Å². The van der Waals surface area contributed by atoms with E-state index in [0.29, 0.717) is 9.88 Å². The number of carbonyl (C=O) groups is 1. The number of nitrogens with two attached hydrogens (primary N) is 2. The van der Waals surface area contributed by atoms with Crippen molar-refractivity contribution in [2.24, 2.45) is 5.73 Å². The minimum atomic E-state index is -0.579. The van der Waals surface area contributed by atoms with Crippen molar-refractivity contribution >= 4 is 27.9 Å². The first-order chi connectivity index (χ1) is 8.06. The van der Waals surface area contributed by atoms with Crippen LogP contribution in [0.5, 0.6) is 0 Å². The van der Waals surface area contributed by atoms with E-state index in [9.17, 15) is 4.79 Å². The summed E-state index contributed by atoms with van der Waals surface area (Å²) in [7, 11) is 0. The topological polar surface area (TPSA) is 96.1 Å². The fraction of sp³-hybridized carbons (Fsp3) is 0.455. The molecule has 0 saturated heterocycles. The fourth-order valence-corrected chi connectivity index (χ4v) is 2.76. The average molecular weight is 252 g/mol. The molecule has 1 aromatic rings. The maximum Gasteiger partial charge on any atom is 0.253 e. The van der Waals surface area contributed by atoms with E-state index in [1.54, 1.807) is 0 Å². The van der Waals surface area contributed by atoms with Gasteiger partial charge in [0.1, 0.15) is 15.9 Å². The van der Waals surface area contributed by atoms with Crippen molar-refractivity contribution in [3.05, 3.63) is 10.4 Å². The lowest BCUT2D eigenvalue weighted by Gasteiger charge is -2.21. The fourth-order valence-electron chi connectivity index (χ4n) is 1.65. The Morgan fingerprint density at radius 1 is 1.53 bits per heavy atom. The van der Waals surface area contributed by atoms with Crippen LogP contribution < -0.4 is 16.4 Å². The molecular formula is C11H16N4OS. The first-order valence-corrected chi connectivity index (χ1v) is 6.25. The summed E-state index contributed by atoms with van der Waals surface area (Å²) in [6, 6.07) is 1.99. The van der Waals surface area contributed by atoms with Crippen LogP contribution in [0.25, 0.3) is 0 Å². The summed E-state index contributed by atoms with van der Waals surface area (Å²) in [4.78, 5) is 13.8. The zero-order chi connectivity index (χ0) is 13.0. The predicted molar refractivity (Wildman–Crippen MR) is 70.1 cm³/mol. The molecule has 1 aromatic heterocycles. The summed E-state index contributed by atoms with van der Waals surface area (Å²) < 4.78 is 0. The Kier molecular flexibility index (Phi) is 4.35. The summed E-state index contributed by atoms with van der Waals surface area (Å²) in [6.07, 6.45) is 0.950. The Bertz CT molecular complexity index is 461. The average Bonchev–Trinajstić information content (AvgIpc) is 2.63. The van der Waals surface area contributed by atoms with Gasteiger partial charge in [0.25, 0.3) is 5.91 Å². The third-order valence-electron chi connectivity index (χ3n) is 2.44. The molecular weight excluding hydrogens is 236 g/mol. The molecule has 0 bridgehead atoms. The molecule has 0 aliphatic rings. The summed E-state index contributed by atoms with van der Waals surface area (Å²) in [5, 5.41) is 9.64. The molecule has 0 spiro atoms. The molecule has 92 valence electrons. The first-order valence-electron chi connectivity index (χ1n) is 5.43. The zero-order valence-corrected chi connectivity index (χ0v) is 10.8. The number of nitriles is 1. The number of thiophene rings is 1. The van der Waals surface area contributed by atoms with E-state index in [1.807, 2.05) is 17.9 Å². The van der Waals surface area contributed by atoms with Crippen molar-refractivity contribution in [1.82, 2.24) is 0 Å². The largest absolute Gasteiger partial charge is 0.396 e. The lowest BCUT2D eigenvalue weighted by molar-refractivity contribution is 0.100. The highest BCUT2D eigenvalue weighted by molar-refractivity contribution is 7.17. The number of anilines is 2. The number of hydrogen-bond donors (Lipinski definition) is 2. The number of carbonyl (C=O) groups excluding carboxylic acids is 1. The second-order valence-electron chi connectivity index (χ2n) is 3.58. The normalized spacial score (nSPS) is 9.94. The third kappa shape index (κ3) is 2.50. The highest BCUT2D eigenvalue weighted by atomic mass is 32.1. The Balaban J connectivity index is 3.31. The molecule has 5 nitrogen and oxygen atoms in total. The smallest absolute Gasteiger partial charge is 0.253 e. The maximum absolute atomic E-state index is 11.4. The summed E-state index contributed by atoms with van der Waals surface area (Å²) in [5.74, 6) is -0.579. The lowest BCUT2D eigenvalue weighted by Crippen LogP contribution is -2.25. The molecule has 1 rings (SSSR count). The molecule has 0 aromatic carbocycles. The molecule has 0 fully saturated rings. The number of hydrogen-bond acceptors (Lipinski definition) is 5. The standard InChI is InChI=1S/C11H16N4OS/c1-3-5-15(4-2)11-8(10(14)16)9(13)7(6-12)17-11/h3-5,13H2,1-2H3,(H2,14,16). The van der Waals surface area contributed by atoms with E-state index in [1.165, 1.54) is 11.3 Å². The van der Waals surface area contributed by atoms with Crippen LogP contribution in [0.2, 0.25) is 0 Å². The molecule has 0 aliphatic heterocycles. The van der Waals surface area contributed by atoms with Crippen molar-refractivity contribution in [3.63, 3.8) is 0 Å². The quantitative estimate of drug-likeness (QED) is 0.830. The van der Waals surface area contributed by atoms with Crippen LogP contribution in [-0.4, -0.2) is 19.0 Å². The minimum absolute atomic E-state index is 0.203. The molecule has 0 atom stereocenters. The van der Waals surface area contributed by atoms with Gasteiger partial charge >= 0.3 is 0 Å². The molecule has 0 radical (unpaired) electrons. The van der Waals surface area contributed by atoms with E-state index < -0.39 is 5.91 Å². The molecule has 17 heavy (non-hydrogen) atoms. The van der Waals surface area contributed by atoms with Gasteiger partial charge in [0.05, 0.1) is 11.3 Å². The van der Waals surface area contributed by atoms with Crippen LogP contribution in [0.3, 0.4) is 0 Å². The number of amides is 1. The SMILES string of the molecule is CCCN(CC)c1sc(C#N)c(N)c1C(N)=O. The van der Waals surface area contributed by atoms with Gasteiger partial charge in [-0.3, -0.25) is 4.79 Å². The Morgan fingerprint density at radius 3 is 2.59 bits per heavy atom. The highest BCUT2D eigenvalue weighted by Crippen LogP contribution is 2.37. The highest BCUT2D eigenvalue weighted by Gasteiger charge is 2.23. The van der Waals surface area contributed by atoms with Crippen LogP contribution in [0.4, 0.5) is 10.7 Å². The van der Waals surface area contributed by atoms with Gasteiger partial charge < -0.3 is 16.4 Å². The van der Waals surface area contributed by atoms with Crippen LogP contribution in [-0.2, 0) is 0 Å². The summed E-state index contributed by atoms with van der Waals surface area (Å²) >= 11 is 1.23. The molecule has 6 heteroatoms. The maximum atomic E-state index is 11.4.